The largest absolute Gasteiger partial charge is 0.310 e. The summed E-state index contributed by atoms with van der Waals surface area (Å²) in [6.07, 6.45) is 3.79. The second kappa shape index (κ2) is 9.65. The third-order valence-corrected chi connectivity index (χ3v) is 9.37. The Kier molecular flexibility index (Phi) is 5.45. The molecule has 0 amide bonds. The minimum atomic E-state index is -0.469. The van der Waals surface area contributed by atoms with Crippen LogP contribution in [0.15, 0.2) is 170 Å². The molecule has 6 aromatic carbocycles. The zero-order valence-electron chi connectivity index (χ0n) is 24.1. The molecule has 1 aromatic heterocycles. The first-order chi connectivity index (χ1) is 21.9. The van der Waals surface area contributed by atoms with E-state index in [2.05, 4.69) is 162 Å². The molecule has 0 saturated carbocycles. The Hall–Kier alpha value is -5.73. The molecule has 0 fully saturated rings. The zero-order chi connectivity index (χ0) is 29.1. The van der Waals surface area contributed by atoms with Crippen molar-refractivity contribution in [2.24, 2.45) is 0 Å². The predicted molar refractivity (Wildman–Crippen MR) is 181 cm³/mol. The standard InChI is InChI=1S/C42H28N2/c1-2-14-31(15-3-1)44-40-23-11-10-22-38(40)42(36-20-8-6-18-34(36)35-19-7-9-21-37(35)42)39-27-29(24-25-41(39)44)32-16-4-5-17-33(32)30-13-12-26-43-28-30/h1-28H. The van der Waals surface area contributed by atoms with Gasteiger partial charge in [0.25, 0.3) is 0 Å². The van der Waals surface area contributed by atoms with E-state index in [1.165, 1.54) is 61.4 Å². The lowest BCUT2D eigenvalue weighted by molar-refractivity contribution is 0.753. The molecule has 1 aliphatic carbocycles. The Bertz CT molecular complexity index is 2140. The fourth-order valence-corrected chi connectivity index (χ4v) is 7.64. The first-order valence-electron chi connectivity index (χ1n) is 15.1. The van der Waals surface area contributed by atoms with Crippen molar-refractivity contribution < 1.29 is 0 Å². The Morgan fingerprint density at radius 1 is 0.409 bits per heavy atom. The molecule has 44 heavy (non-hydrogen) atoms. The first kappa shape index (κ1) is 24.8. The van der Waals surface area contributed by atoms with Crippen LogP contribution in [-0.2, 0) is 5.41 Å². The second-order valence-electron chi connectivity index (χ2n) is 11.5. The van der Waals surface area contributed by atoms with E-state index < -0.39 is 5.41 Å². The summed E-state index contributed by atoms with van der Waals surface area (Å²) < 4.78 is 0. The molecule has 0 atom stereocenters. The quantitative estimate of drug-likeness (QED) is 0.214. The molecule has 1 aliphatic heterocycles. The van der Waals surface area contributed by atoms with Gasteiger partial charge in [-0.2, -0.15) is 0 Å². The Morgan fingerprint density at radius 2 is 0.977 bits per heavy atom. The molecule has 2 heteroatoms. The normalized spacial score (nSPS) is 13.6. The molecular formula is C42H28N2. The fraction of sp³-hybridized carbons (Fsp3) is 0.0238. The third-order valence-electron chi connectivity index (χ3n) is 9.37. The van der Waals surface area contributed by atoms with E-state index >= 15 is 0 Å². The van der Waals surface area contributed by atoms with Crippen molar-refractivity contribution in [3.8, 4) is 33.4 Å². The molecular weight excluding hydrogens is 532 g/mol. The van der Waals surface area contributed by atoms with Crippen LogP contribution in [-0.4, -0.2) is 4.98 Å². The summed E-state index contributed by atoms with van der Waals surface area (Å²) in [4.78, 5) is 6.88. The summed E-state index contributed by atoms with van der Waals surface area (Å²) in [7, 11) is 0. The highest BCUT2D eigenvalue weighted by Gasteiger charge is 2.51. The average Bonchev–Trinajstić information content (AvgIpc) is 3.40. The molecule has 1 spiro atoms. The topological polar surface area (TPSA) is 16.1 Å². The molecule has 0 saturated heterocycles. The van der Waals surface area contributed by atoms with Crippen LogP contribution in [0, 0.1) is 0 Å². The minimum absolute atomic E-state index is 0.469. The molecule has 0 unspecified atom stereocenters. The van der Waals surface area contributed by atoms with Gasteiger partial charge in [0.2, 0.25) is 0 Å². The number of pyridine rings is 1. The molecule has 2 aliphatic rings. The van der Waals surface area contributed by atoms with Crippen LogP contribution in [0.1, 0.15) is 22.3 Å². The van der Waals surface area contributed by atoms with E-state index in [4.69, 9.17) is 0 Å². The highest BCUT2D eigenvalue weighted by molar-refractivity contribution is 5.97. The van der Waals surface area contributed by atoms with Gasteiger partial charge in [-0.15, -0.1) is 0 Å². The van der Waals surface area contributed by atoms with Gasteiger partial charge in [-0.1, -0.05) is 121 Å². The maximum Gasteiger partial charge on any atom is 0.0754 e. The number of hydrogen-bond acceptors (Lipinski definition) is 2. The average molecular weight is 561 g/mol. The molecule has 206 valence electrons. The van der Waals surface area contributed by atoms with E-state index in [0.29, 0.717) is 0 Å². The molecule has 0 bridgehead atoms. The maximum absolute atomic E-state index is 4.44. The summed E-state index contributed by atoms with van der Waals surface area (Å²) >= 11 is 0. The number of nitrogens with zero attached hydrogens (tertiary/aromatic N) is 2. The van der Waals surface area contributed by atoms with Gasteiger partial charge in [-0.05, 0) is 86.5 Å². The number of para-hydroxylation sites is 2. The van der Waals surface area contributed by atoms with Crippen LogP contribution >= 0.6 is 0 Å². The summed E-state index contributed by atoms with van der Waals surface area (Å²) in [5.74, 6) is 0. The summed E-state index contributed by atoms with van der Waals surface area (Å²) in [6.45, 7) is 0. The van der Waals surface area contributed by atoms with Crippen LogP contribution in [0.5, 0.6) is 0 Å². The molecule has 2 heterocycles. The van der Waals surface area contributed by atoms with Gasteiger partial charge in [0.05, 0.1) is 16.8 Å². The number of aromatic nitrogens is 1. The highest BCUT2D eigenvalue weighted by Crippen LogP contribution is 2.63. The van der Waals surface area contributed by atoms with Gasteiger partial charge >= 0.3 is 0 Å². The van der Waals surface area contributed by atoms with Gasteiger partial charge in [0.15, 0.2) is 0 Å². The summed E-state index contributed by atoms with van der Waals surface area (Å²) in [5, 5.41) is 0. The molecule has 0 N–H and O–H groups in total. The van der Waals surface area contributed by atoms with Gasteiger partial charge in [0, 0.05) is 23.6 Å². The van der Waals surface area contributed by atoms with Gasteiger partial charge < -0.3 is 4.90 Å². The monoisotopic (exact) mass is 560 g/mol. The van der Waals surface area contributed by atoms with Gasteiger partial charge in [0.1, 0.15) is 0 Å². The lowest BCUT2D eigenvalue weighted by Crippen LogP contribution is -2.36. The van der Waals surface area contributed by atoms with Crippen LogP contribution in [0.4, 0.5) is 17.1 Å². The molecule has 2 nitrogen and oxygen atoms in total. The van der Waals surface area contributed by atoms with Crippen molar-refractivity contribution in [3.63, 3.8) is 0 Å². The third kappa shape index (κ3) is 3.40. The highest BCUT2D eigenvalue weighted by atomic mass is 15.2. The number of rotatable bonds is 3. The first-order valence-corrected chi connectivity index (χ1v) is 15.1. The van der Waals surface area contributed by atoms with Crippen molar-refractivity contribution in [2.45, 2.75) is 5.41 Å². The zero-order valence-corrected chi connectivity index (χ0v) is 24.1. The van der Waals surface area contributed by atoms with E-state index in [0.717, 1.165) is 11.3 Å². The maximum atomic E-state index is 4.44. The lowest BCUT2D eigenvalue weighted by atomic mass is 9.64. The van der Waals surface area contributed by atoms with Crippen LogP contribution in [0.25, 0.3) is 33.4 Å². The van der Waals surface area contributed by atoms with Crippen LogP contribution < -0.4 is 4.90 Å². The Balaban J connectivity index is 1.41. The Morgan fingerprint density at radius 3 is 1.66 bits per heavy atom. The van der Waals surface area contributed by atoms with E-state index in [-0.39, 0.29) is 0 Å². The Labute approximate surface area is 257 Å². The van der Waals surface area contributed by atoms with Crippen molar-refractivity contribution >= 4 is 17.1 Å². The summed E-state index contributed by atoms with van der Waals surface area (Å²) in [5.41, 5.74) is 15.6. The smallest absolute Gasteiger partial charge is 0.0754 e. The van der Waals surface area contributed by atoms with Gasteiger partial charge in [-0.25, -0.2) is 0 Å². The van der Waals surface area contributed by atoms with Crippen molar-refractivity contribution in [2.75, 3.05) is 4.90 Å². The van der Waals surface area contributed by atoms with E-state index in [9.17, 15) is 0 Å². The number of fused-ring (bicyclic) bond motifs is 9. The van der Waals surface area contributed by atoms with Crippen LogP contribution in [0.3, 0.4) is 0 Å². The number of anilines is 3. The SMILES string of the molecule is c1ccc(N2c3ccccc3C3(c4ccccc4-c4ccccc43)c3cc(-c4ccccc4-c4cccnc4)ccc32)cc1. The lowest BCUT2D eigenvalue weighted by Gasteiger charge is -2.45. The molecule has 7 aromatic rings. The van der Waals surface area contributed by atoms with Crippen molar-refractivity contribution in [1.29, 1.82) is 0 Å². The van der Waals surface area contributed by atoms with E-state index in [1.807, 2.05) is 18.5 Å². The van der Waals surface area contributed by atoms with Crippen molar-refractivity contribution in [3.05, 3.63) is 192 Å². The minimum Gasteiger partial charge on any atom is -0.310 e. The number of benzene rings is 6. The molecule has 9 rings (SSSR count). The fourth-order valence-electron chi connectivity index (χ4n) is 7.64. The second-order valence-corrected chi connectivity index (χ2v) is 11.5. The molecule has 0 radical (unpaired) electrons. The van der Waals surface area contributed by atoms with Gasteiger partial charge in [-0.3, -0.25) is 4.98 Å². The number of hydrogen-bond donors (Lipinski definition) is 0. The van der Waals surface area contributed by atoms with Crippen LogP contribution in [0.2, 0.25) is 0 Å². The summed E-state index contributed by atoms with van der Waals surface area (Å²) in [6, 6.07) is 57.6. The predicted octanol–water partition coefficient (Wildman–Crippen LogP) is 10.6. The van der Waals surface area contributed by atoms with Crippen molar-refractivity contribution in [1.82, 2.24) is 4.98 Å². The van der Waals surface area contributed by atoms with E-state index in [1.54, 1.807) is 0 Å².